The second-order valence-electron chi connectivity index (χ2n) is 4.62. The standard InChI is InChI=1S/C12H24O2/c1-10(2)12(13-3,14-4)11-8-6-5-7-9-11/h10-11H,5-9H2,1-4H3. The van der Waals surface area contributed by atoms with Crippen molar-refractivity contribution in [3.05, 3.63) is 0 Å². The fraction of sp³-hybridized carbons (Fsp3) is 1.00. The van der Waals surface area contributed by atoms with Crippen molar-refractivity contribution in [2.75, 3.05) is 14.2 Å². The predicted octanol–water partition coefficient (Wildman–Crippen LogP) is 3.21. The Morgan fingerprint density at radius 2 is 1.50 bits per heavy atom. The number of hydrogen-bond donors (Lipinski definition) is 0. The number of ether oxygens (including phenoxy) is 2. The van der Waals surface area contributed by atoms with Crippen LogP contribution in [0.1, 0.15) is 46.0 Å². The first-order valence-electron chi connectivity index (χ1n) is 5.77. The van der Waals surface area contributed by atoms with Crippen molar-refractivity contribution in [1.29, 1.82) is 0 Å². The minimum Gasteiger partial charge on any atom is -0.353 e. The van der Waals surface area contributed by atoms with Gasteiger partial charge in [-0.15, -0.1) is 0 Å². The van der Waals surface area contributed by atoms with E-state index in [2.05, 4.69) is 13.8 Å². The lowest BCUT2D eigenvalue weighted by atomic mass is 9.78. The maximum absolute atomic E-state index is 5.67. The molecule has 0 unspecified atom stereocenters. The van der Waals surface area contributed by atoms with Crippen LogP contribution in [-0.4, -0.2) is 20.0 Å². The van der Waals surface area contributed by atoms with Gasteiger partial charge in [0.2, 0.25) is 0 Å². The molecule has 0 bridgehead atoms. The average Bonchev–Trinajstić information content (AvgIpc) is 2.22. The van der Waals surface area contributed by atoms with E-state index >= 15 is 0 Å². The lowest BCUT2D eigenvalue weighted by molar-refractivity contribution is -0.270. The molecule has 0 aromatic carbocycles. The summed E-state index contributed by atoms with van der Waals surface area (Å²) in [5.74, 6) is 0.646. The predicted molar refractivity (Wildman–Crippen MR) is 58.2 cm³/mol. The molecule has 0 aromatic heterocycles. The molecule has 1 aliphatic rings. The van der Waals surface area contributed by atoms with Crippen molar-refractivity contribution >= 4 is 0 Å². The number of hydrogen-bond acceptors (Lipinski definition) is 2. The van der Waals surface area contributed by atoms with Gasteiger partial charge in [-0.3, -0.25) is 0 Å². The van der Waals surface area contributed by atoms with Crippen molar-refractivity contribution in [1.82, 2.24) is 0 Å². The van der Waals surface area contributed by atoms with E-state index < -0.39 is 0 Å². The van der Waals surface area contributed by atoms with Crippen LogP contribution in [0, 0.1) is 11.8 Å². The molecule has 2 nitrogen and oxygen atoms in total. The molecule has 14 heavy (non-hydrogen) atoms. The van der Waals surface area contributed by atoms with Crippen LogP contribution >= 0.6 is 0 Å². The molecule has 0 saturated heterocycles. The highest BCUT2D eigenvalue weighted by molar-refractivity contribution is 4.84. The minimum absolute atomic E-state index is 0.347. The smallest absolute Gasteiger partial charge is 0.172 e. The summed E-state index contributed by atoms with van der Waals surface area (Å²) in [5, 5.41) is 0. The summed E-state index contributed by atoms with van der Waals surface area (Å²) < 4.78 is 11.3. The van der Waals surface area contributed by atoms with E-state index in [1.165, 1.54) is 32.1 Å². The van der Waals surface area contributed by atoms with Gasteiger partial charge in [-0.2, -0.15) is 0 Å². The summed E-state index contributed by atoms with van der Waals surface area (Å²) in [6, 6.07) is 0. The molecule has 84 valence electrons. The maximum Gasteiger partial charge on any atom is 0.172 e. The third kappa shape index (κ3) is 2.12. The van der Waals surface area contributed by atoms with E-state index in [0.717, 1.165) is 0 Å². The second kappa shape index (κ2) is 5.13. The second-order valence-corrected chi connectivity index (χ2v) is 4.62. The van der Waals surface area contributed by atoms with Crippen LogP contribution < -0.4 is 0 Å². The normalized spacial score (nSPS) is 20.4. The Labute approximate surface area is 88.0 Å². The molecule has 2 heteroatoms. The summed E-state index contributed by atoms with van der Waals surface area (Å²) in [5.41, 5.74) is 0. The van der Waals surface area contributed by atoms with Crippen LogP contribution in [-0.2, 0) is 9.47 Å². The Balaban J connectivity index is 2.73. The number of methoxy groups -OCH3 is 2. The topological polar surface area (TPSA) is 18.5 Å². The zero-order valence-electron chi connectivity index (χ0n) is 10.0. The van der Waals surface area contributed by atoms with E-state index in [1.807, 2.05) is 0 Å². The molecule has 0 amide bonds. The van der Waals surface area contributed by atoms with Crippen molar-refractivity contribution in [3.8, 4) is 0 Å². The van der Waals surface area contributed by atoms with Gasteiger partial charge in [0.25, 0.3) is 0 Å². The SMILES string of the molecule is COC(OC)(C(C)C)C1CCCCC1. The minimum atomic E-state index is -0.347. The van der Waals surface area contributed by atoms with E-state index in [9.17, 15) is 0 Å². The highest BCUT2D eigenvalue weighted by Crippen LogP contribution is 2.39. The van der Waals surface area contributed by atoms with Gasteiger partial charge in [0.15, 0.2) is 5.79 Å². The molecule has 0 aliphatic heterocycles. The number of rotatable bonds is 4. The average molecular weight is 200 g/mol. The Morgan fingerprint density at radius 3 is 1.86 bits per heavy atom. The van der Waals surface area contributed by atoms with Gasteiger partial charge < -0.3 is 9.47 Å². The zero-order valence-corrected chi connectivity index (χ0v) is 10.0. The first-order valence-corrected chi connectivity index (χ1v) is 5.77. The summed E-state index contributed by atoms with van der Waals surface area (Å²) in [7, 11) is 3.55. The quantitative estimate of drug-likeness (QED) is 0.649. The molecule has 0 radical (unpaired) electrons. The van der Waals surface area contributed by atoms with Crippen molar-refractivity contribution < 1.29 is 9.47 Å². The van der Waals surface area contributed by atoms with Gasteiger partial charge >= 0.3 is 0 Å². The van der Waals surface area contributed by atoms with E-state index in [1.54, 1.807) is 14.2 Å². The molecule has 0 heterocycles. The molecule has 0 atom stereocenters. The molecule has 1 rings (SSSR count). The maximum atomic E-state index is 5.67. The van der Waals surface area contributed by atoms with Gasteiger partial charge in [0.05, 0.1) is 0 Å². The lowest BCUT2D eigenvalue weighted by Crippen LogP contribution is -2.47. The van der Waals surface area contributed by atoms with Crippen LogP contribution in [0.4, 0.5) is 0 Å². The Hall–Kier alpha value is -0.0800. The lowest BCUT2D eigenvalue weighted by Gasteiger charge is -2.43. The van der Waals surface area contributed by atoms with E-state index in [-0.39, 0.29) is 5.79 Å². The first-order chi connectivity index (χ1) is 6.67. The van der Waals surface area contributed by atoms with Gasteiger partial charge in [-0.05, 0) is 12.8 Å². The molecule has 0 N–H and O–H groups in total. The van der Waals surface area contributed by atoms with Crippen LogP contribution in [0.5, 0.6) is 0 Å². The van der Waals surface area contributed by atoms with E-state index in [4.69, 9.17) is 9.47 Å². The summed E-state index contributed by atoms with van der Waals surface area (Å²) in [4.78, 5) is 0. The van der Waals surface area contributed by atoms with E-state index in [0.29, 0.717) is 11.8 Å². The van der Waals surface area contributed by atoms with Crippen LogP contribution in [0.2, 0.25) is 0 Å². The fourth-order valence-corrected chi connectivity index (χ4v) is 2.86. The van der Waals surface area contributed by atoms with Crippen molar-refractivity contribution in [3.63, 3.8) is 0 Å². The van der Waals surface area contributed by atoms with Crippen LogP contribution in [0.15, 0.2) is 0 Å². The summed E-state index contributed by atoms with van der Waals surface area (Å²) >= 11 is 0. The van der Waals surface area contributed by atoms with Gasteiger partial charge in [0.1, 0.15) is 0 Å². The van der Waals surface area contributed by atoms with Crippen LogP contribution in [0.25, 0.3) is 0 Å². The van der Waals surface area contributed by atoms with Crippen molar-refractivity contribution in [2.45, 2.75) is 51.7 Å². The molecular formula is C12H24O2. The highest BCUT2D eigenvalue weighted by Gasteiger charge is 2.42. The van der Waals surface area contributed by atoms with Crippen molar-refractivity contribution in [2.24, 2.45) is 11.8 Å². The molecule has 1 saturated carbocycles. The Morgan fingerprint density at radius 1 is 1.00 bits per heavy atom. The van der Waals surface area contributed by atoms with Gasteiger partial charge in [-0.25, -0.2) is 0 Å². The molecular weight excluding hydrogens is 176 g/mol. The Kier molecular flexibility index (Phi) is 4.39. The third-order valence-corrected chi connectivity index (χ3v) is 3.62. The molecule has 1 aliphatic carbocycles. The summed E-state index contributed by atoms with van der Waals surface area (Å²) in [6.07, 6.45) is 6.52. The fourth-order valence-electron chi connectivity index (χ4n) is 2.86. The van der Waals surface area contributed by atoms with Gasteiger partial charge in [-0.1, -0.05) is 33.1 Å². The van der Waals surface area contributed by atoms with Gasteiger partial charge in [0, 0.05) is 26.1 Å². The third-order valence-electron chi connectivity index (χ3n) is 3.62. The Bertz CT molecular complexity index is 156. The molecule has 1 fully saturated rings. The molecule has 0 aromatic rings. The first kappa shape index (κ1) is 12.0. The van der Waals surface area contributed by atoms with Crippen LogP contribution in [0.3, 0.4) is 0 Å². The largest absolute Gasteiger partial charge is 0.353 e. The monoisotopic (exact) mass is 200 g/mol. The summed E-state index contributed by atoms with van der Waals surface area (Å²) in [6.45, 7) is 4.36. The molecule has 0 spiro atoms. The zero-order chi connectivity index (χ0) is 10.6. The highest BCUT2D eigenvalue weighted by atomic mass is 16.7.